The second kappa shape index (κ2) is 11.6. The smallest absolute Gasteiger partial charge is 0.289 e. The van der Waals surface area contributed by atoms with Crippen LogP contribution in [0.3, 0.4) is 0 Å². The Morgan fingerprint density at radius 2 is 1.48 bits per heavy atom. The highest BCUT2D eigenvalue weighted by molar-refractivity contribution is 7.93. The fourth-order valence-electron chi connectivity index (χ4n) is 3.83. The van der Waals surface area contributed by atoms with Gasteiger partial charge >= 0.3 is 0 Å². The Bertz CT molecular complexity index is 1760. The molecule has 4 aromatic carbocycles. The minimum atomic E-state index is -4.53. The Morgan fingerprint density at radius 3 is 2.12 bits per heavy atom. The minimum Gasteiger partial charge on any atom is -0.325 e. The molecule has 0 heterocycles. The van der Waals surface area contributed by atoms with Gasteiger partial charge in [0, 0.05) is 17.4 Å². The molecule has 40 heavy (non-hydrogen) atoms. The van der Waals surface area contributed by atoms with E-state index in [2.05, 4.69) is 10.0 Å². The van der Waals surface area contributed by atoms with E-state index in [0.29, 0.717) is 5.69 Å². The predicted octanol–water partition coefficient (Wildman–Crippen LogP) is 4.54. The molecule has 0 fully saturated rings. The quantitative estimate of drug-likeness (QED) is 0.206. The van der Waals surface area contributed by atoms with Crippen LogP contribution in [0.15, 0.2) is 113 Å². The van der Waals surface area contributed by atoms with E-state index in [-0.39, 0.29) is 16.3 Å². The Balaban J connectivity index is 1.55. The Morgan fingerprint density at radius 1 is 0.825 bits per heavy atom. The summed E-state index contributed by atoms with van der Waals surface area (Å²) in [6, 6.07) is 24.8. The molecule has 0 aliphatic heterocycles. The summed E-state index contributed by atoms with van der Waals surface area (Å²) in [5.41, 5.74) is 1.000. The number of nitrogens with one attached hydrogen (secondary N) is 2. The van der Waals surface area contributed by atoms with Gasteiger partial charge in [0.2, 0.25) is 5.91 Å². The third-order valence-corrected chi connectivity index (χ3v) is 8.90. The van der Waals surface area contributed by atoms with Crippen LogP contribution in [0.25, 0.3) is 0 Å². The molecule has 4 rings (SSSR count). The summed E-state index contributed by atoms with van der Waals surface area (Å²) >= 11 is 0. The second-order valence-electron chi connectivity index (χ2n) is 8.62. The van der Waals surface area contributed by atoms with Gasteiger partial charge in [-0.15, -0.1) is 0 Å². The number of para-hydroxylation sites is 2. The van der Waals surface area contributed by atoms with Crippen molar-refractivity contribution in [3.05, 3.63) is 119 Å². The zero-order chi connectivity index (χ0) is 28.9. The first-order valence-electron chi connectivity index (χ1n) is 11.8. The number of benzene rings is 4. The largest absolute Gasteiger partial charge is 0.325 e. The number of hydrogen-bond acceptors (Lipinski definition) is 7. The van der Waals surface area contributed by atoms with Gasteiger partial charge in [0.1, 0.15) is 6.54 Å². The third-order valence-electron chi connectivity index (χ3n) is 5.68. The molecular weight excluding hydrogens is 556 g/mol. The summed E-state index contributed by atoms with van der Waals surface area (Å²) < 4.78 is 55.8. The molecule has 0 aliphatic carbocycles. The molecule has 13 heteroatoms. The van der Waals surface area contributed by atoms with Crippen LogP contribution in [-0.4, -0.2) is 34.2 Å². The zero-order valence-corrected chi connectivity index (χ0v) is 22.7. The van der Waals surface area contributed by atoms with Crippen molar-refractivity contribution in [3.8, 4) is 0 Å². The van der Waals surface area contributed by atoms with E-state index in [4.69, 9.17) is 0 Å². The van der Waals surface area contributed by atoms with Crippen LogP contribution in [0.4, 0.5) is 22.7 Å². The van der Waals surface area contributed by atoms with Crippen molar-refractivity contribution in [1.82, 2.24) is 0 Å². The van der Waals surface area contributed by atoms with Gasteiger partial charge in [-0.25, -0.2) is 16.8 Å². The summed E-state index contributed by atoms with van der Waals surface area (Å²) in [5.74, 6) is -0.750. The van der Waals surface area contributed by atoms with Crippen LogP contribution in [0, 0.1) is 17.0 Å². The molecule has 0 unspecified atom stereocenters. The van der Waals surface area contributed by atoms with Crippen molar-refractivity contribution < 1.29 is 26.6 Å². The molecule has 0 aliphatic rings. The highest BCUT2D eigenvalue weighted by Gasteiger charge is 2.33. The number of nitrogens with zero attached hydrogens (tertiary/aromatic N) is 2. The van der Waals surface area contributed by atoms with Gasteiger partial charge in [-0.3, -0.25) is 23.9 Å². The molecule has 206 valence electrons. The molecule has 0 atom stereocenters. The van der Waals surface area contributed by atoms with E-state index in [9.17, 15) is 31.7 Å². The number of nitro groups is 1. The van der Waals surface area contributed by atoms with Gasteiger partial charge in [0.05, 0.1) is 15.5 Å². The number of hydrogen-bond donors (Lipinski definition) is 2. The second-order valence-corrected chi connectivity index (χ2v) is 12.1. The number of nitro benzene ring substituents is 1. The maximum Gasteiger partial charge on any atom is 0.289 e. The molecule has 0 spiro atoms. The van der Waals surface area contributed by atoms with Crippen LogP contribution in [0.5, 0.6) is 0 Å². The molecule has 0 radical (unpaired) electrons. The molecule has 11 nitrogen and oxygen atoms in total. The molecule has 0 saturated carbocycles. The van der Waals surface area contributed by atoms with Crippen LogP contribution < -0.4 is 14.3 Å². The van der Waals surface area contributed by atoms with Crippen molar-refractivity contribution in [3.63, 3.8) is 0 Å². The van der Waals surface area contributed by atoms with Gasteiger partial charge in [-0.2, -0.15) is 0 Å². The summed E-state index contributed by atoms with van der Waals surface area (Å²) in [5, 5.41) is 14.0. The lowest BCUT2D eigenvalue weighted by atomic mass is 10.2. The number of anilines is 3. The molecular formula is C27H24N4O7S2. The number of carbonyl (C=O) groups is 1. The van der Waals surface area contributed by atoms with E-state index in [1.165, 1.54) is 48.5 Å². The van der Waals surface area contributed by atoms with Gasteiger partial charge < -0.3 is 5.32 Å². The van der Waals surface area contributed by atoms with Crippen molar-refractivity contribution in [1.29, 1.82) is 0 Å². The Hall–Kier alpha value is -4.75. The lowest BCUT2D eigenvalue weighted by molar-refractivity contribution is -0.387. The highest BCUT2D eigenvalue weighted by Crippen LogP contribution is 2.30. The summed E-state index contributed by atoms with van der Waals surface area (Å²) in [6.45, 7) is 1.13. The van der Waals surface area contributed by atoms with Crippen molar-refractivity contribution >= 4 is 48.7 Å². The van der Waals surface area contributed by atoms with Crippen molar-refractivity contribution in [2.45, 2.75) is 16.7 Å². The lowest BCUT2D eigenvalue weighted by Crippen LogP contribution is -2.38. The fourth-order valence-corrected chi connectivity index (χ4v) is 6.46. The molecule has 0 saturated heterocycles. The van der Waals surface area contributed by atoms with E-state index in [1.54, 1.807) is 36.4 Å². The van der Waals surface area contributed by atoms with Gasteiger partial charge in [-0.05, 0) is 67.1 Å². The van der Waals surface area contributed by atoms with Crippen LogP contribution >= 0.6 is 0 Å². The van der Waals surface area contributed by atoms with Crippen LogP contribution in [0.1, 0.15) is 5.56 Å². The SMILES string of the molecule is Cc1cccc(NS(=O)(=O)c2ccc(NC(=O)CN(c3ccccc3)S(=O)(=O)c3ccccc3[N+](=O)[O-])cc2)c1. The van der Waals surface area contributed by atoms with E-state index in [1.807, 2.05) is 13.0 Å². The number of amides is 1. The average molecular weight is 581 g/mol. The van der Waals surface area contributed by atoms with Gasteiger partial charge in [0.25, 0.3) is 25.7 Å². The monoisotopic (exact) mass is 580 g/mol. The standard InChI is InChI=1S/C27H24N4O7S2/c1-20-8-7-9-22(18-20)29-39(35,36)24-16-14-21(15-17-24)28-27(32)19-30(23-10-3-2-4-11-23)40(37,38)26-13-6-5-12-25(26)31(33)34/h2-18,29H,19H2,1H3,(H,28,32). The Kier molecular flexibility index (Phi) is 8.16. The minimum absolute atomic E-state index is 0.0446. The predicted molar refractivity (Wildman–Crippen MR) is 151 cm³/mol. The maximum absolute atomic E-state index is 13.5. The first-order valence-corrected chi connectivity index (χ1v) is 14.7. The summed E-state index contributed by atoms with van der Waals surface area (Å²) in [4.78, 5) is 23.1. The van der Waals surface area contributed by atoms with Crippen LogP contribution in [0.2, 0.25) is 0 Å². The number of rotatable bonds is 10. The first-order chi connectivity index (χ1) is 19.0. The fraction of sp³-hybridized carbons (Fsp3) is 0.0741. The average Bonchev–Trinajstić information content (AvgIpc) is 2.92. The van der Waals surface area contributed by atoms with Gasteiger partial charge in [-0.1, -0.05) is 42.5 Å². The Labute approximate surface area is 231 Å². The first kappa shape index (κ1) is 28.3. The molecule has 1 amide bonds. The number of carbonyl (C=O) groups excluding carboxylic acids is 1. The lowest BCUT2D eigenvalue weighted by Gasteiger charge is -2.24. The van der Waals surface area contributed by atoms with Crippen molar-refractivity contribution in [2.24, 2.45) is 0 Å². The highest BCUT2D eigenvalue weighted by atomic mass is 32.2. The van der Waals surface area contributed by atoms with E-state index >= 15 is 0 Å². The normalized spacial score (nSPS) is 11.4. The summed E-state index contributed by atoms with van der Waals surface area (Å²) in [7, 11) is -8.43. The topological polar surface area (TPSA) is 156 Å². The van der Waals surface area contributed by atoms with Crippen LogP contribution in [-0.2, 0) is 24.8 Å². The van der Waals surface area contributed by atoms with Crippen molar-refractivity contribution in [2.75, 3.05) is 20.9 Å². The molecule has 0 aromatic heterocycles. The van der Waals surface area contributed by atoms with Gasteiger partial charge in [0.15, 0.2) is 4.90 Å². The zero-order valence-electron chi connectivity index (χ0n) is 21.1. The maximum atomic E-state index is 13.5. The van der Waals surface area contributed by atoms with E-state index in [0.717, 1.165) is 22.0 Å². The number of aryl methyl sites for hydroxylation is 1. The molecule has 4 aromatic rings. The molecule has 2 N–H and O–H groups in total. The third kappa shape index (κ3) is 6.45. The number of sulfonamides is 2. The molecule has 0 bridgehead atoms. The van der Waals surface area contributed by atoms with E-state index < -0.39 is 48.0 Å². The summed E-state index contributed by atoms with van der Waals surface area (Å²) in [6.07, 6.45) is 0.